The second-order valence-electron chi connectivity index (χ2n) is 9.68. The van der Waals surface area contributed by atoms with Gasteiger partial charge in [-0.25, -0.2) is 0 Å². The van der Waals surface area contributed by atoms with E-state index in [2.05, 4.69) is 121 Å². The fourth-order valence-corrected chi connectivity index (χ4v) is 5.69. The molecule has 7 rings (SSSR count). The van der Waals surface area contributed by atoms with Gasteiger partial charge in [-0.2, -0.15) is 0 Å². The van der Waals surface area contributed by atoms with Crippen molar-refractivity contribution in [2.75, 3.05) is 0 Å². The molecular weight excluding hydrogens is 456 g/mol. The van der Waals surface area contributed by atoms with E-state index in [1.165, 1.54) is 32.3 Å². The number of fused-ring (bicyclic) bond motifs is 4. The molecule has 0 spiro atoms. The zero-order chi connectivity index (χ0) is 25.6. The predicted octanol–water partition coefficient (Wildman–Crippen LogP) is 9.60. The standard InChI is InChI=1S/C38H22/c1-3-25-13-19-33-21-29-9-5-7-11-31(29)23-35(33)37(25)27-15-17-28(18-16-27)38-26(4-2)14-20-34-22-30-10-6-8-12-32(30)24-36(34)38/h1-2,5-24H. The van der Waals surface area contributed by atoms with Gasteiger partial charge in [0.1, 0.15) is 0 Å². The van der Waals surface area contributed by atoms with Crippen molar-refractivity contribution in [3.8, 4) is 46.9 Å². The third-order valence-corrected chi connectivity index (χ3v) is 7.55. The van der Waals surface area contributed by atoms with Gasteiger partial charge in [-0.15, -0.1) is 12.8 Å². The monoisotopic (exact) mass is 478 g/mol. The Kier molecular flexibility index (Phi) is 5.01. The van der Waals surface area contributed by atoms with Gasteiger partial charge in [0, 0.05) is 22.3 Å². The predicted molar refractivity (Wildman–Crippen MR) is 163 cm³/mol. The van der Waals surface area contributed by atoms with Gasteiger partial charge in [0.25, 0.3) is 0 Å². The second-order valence-corrected chi connectivity index (χ2v) is 9.68. The normalized spacial score (nSPS) is 11.1. The van der Waals surface area contributed by atoms with Crippen molar-refractivity contribution in [3.05, 3.63) is 132 Å². The first-order valence-corrected chi connectivity index (χ1v) is 12.7. The van der Waals surface area contributed by atoms with E-state index in [-0.39, 0.29) is 0 Å². The molecule has 0 heteroatoms. The molecule has 7 aromatic rings. The average Bonchev–Trinajstić information content (AvgIpc) is 2.98. The van der Waals surface area contributed by atoms with Crippen molar-refractivity contribution < 1.29 is 0 Å². The first-order valence-electron chi connectivity index (χ1n) is 12.7. The van der Waals surface area contributed by atoms with Gasteiger partial charge in [-0.1, -0.05) is 96.8 Å². The van der Waals surface area contributed by atoms with Crippen molar-refractivity contribution in [2.45, 2.75) is 0 Å². The number of hydrogen-bond acceptors (Lipinski definition) is 0. The highest BCUT2D eigenvalue weighted by molar-refractivity contribution is 6.08. The third-order valence-electron chi connectivity index (χ3n) is 7.55. The van der Waals surface area contributed by atoms with E-state index in [0.717, 1.165) is 44.2 Å². The van der Waals surface area contributed by atoms with Gasteiger partial charge in [-0.3, -0.25) is 0 Å². The molecule has 38 heavy (non-hydrogen) atoms. The molecule has 0 N–H and O–H groups in total. The Morgan fingerprint density at radius 2 is 0.737 bits per heavy atom. The lowest BCUT2D eigenvalue weighted by atomic mass is 9.89. The summed E-state index contributed by atoms with van der Waals surface area (Å²) in [5.41, 5.74) is 6.14. The quantitative estimate of drug-likeness (QED) is 0.171. The van der Waals surface area contributed by atoms with Crippen LogP contribution in [0.15, 0.2) is 121 Å². The van der Waals surface area contributed by atoms with E-state index in [1.54, 1.807) is 0 Å². The van der Waals surface area contributed by atoms with Crippen LogP contribution >= 0.6 is 0 Å². The molecule has 0 saturated heterocycles. The van der Waals surface area contributed by atoms with E-state index < -0.39 is 0 Å². The summed E-state index contributed by atoms with van der Waals surface area (Å²) >= 11 is 0. The van der Waals surface area contributed by atoms with E-state index >= 15 is 0 Å². The molecule has 0 aliphatic carbocycles. The Bertz CT molecular complexity index is 1970. The smallest absolute Gasteiger partial charge is 0.0327 e. The van der Waals surface area contributed by atoms with Crippen LogP contribution in [0.3, 0.4) is 0 Å². The first-order chi connectivity index (χ1) is 18.7. The molecule has 0 aromatic heterocycles. The summed E-state index contributed by atoms with van der Waals surface area (Å²) in [4.78, 5) is 0. The van der Waals surface area contributed by atoms with Crippen LogP contribution in [-0.4, -0.2) is 0 Å². The first kappa shape index (κ1) is 21.9. The topological polar surface area (TPSA) is 0 Å². The molecule has 0 fully saturated rings. The average molecular weight is 479 g/mol. The lowest BCUT2D eigenvalue weighted by molar-refractivity contribution is 1.60. The Morgan fingerprint density at radius 1 is 0.368 bits per heavy atom. The second kappa shape index (κ2) is 8.67. The van der Waals surface area contributed by atoms with E-state index in [1.807, 2.05) is 12.1 Å². The van der Waals surface area contributed by atoms with Crippen molar-refractivity contribution >= 4 is 43.1 Å². The van der Waals surface area contributed by atoms with Crippen LogP contribution < -0.4 is 0 Å². The van der Waals surface area contributed by atoms with Gasteiger partial charge in [0.05, 0.1) is 0 Å². The van der Waals surface area contributed by atoms with Crippen molar-refractivity contribution in [3.63, 3.8) is 0 Å². The van der Waals surface area contributed by atoms with Gasteiger partial charge >= 0.3 is 0 Å². The van der Waals surface area contributed by atoms with E-state index in [4.69, 9.17) is 12.8 Å². The van der Waals surface area contributed by atoms with E-state index in [9.17, 15) is 0 Å². The lowest BCUT2D eigenvalue weighted by Crippen LogP contribution is -1.91. The highest BCUT2D eigenvalue weighted by Gasteiger charge is 2.13. The maximum Gasteiger partial charge on any atom is 0.0327 e. The molecule has 0 bridgehead atoms. The molecule has 0 saturated carbocycles. The minimum Gasteiger partial charge on any atom is -0.115 e. The fourth-order valence-electron chi connectivity index (χ4n) is 5.69. The fraction of sp³-hybridized carbons (Fsp3) is 0. The highest BCUT2D eigenvalue weighted by Crippen LogP contribution is 2.38. The molecular formula is C38H22. The third kappa shape index (κ3) is 3.44. The number of benzene rings is 7. The molecule has 174 valence electrons. The molecule has 7 aromatic carbocycles. The Labute approximate surface area is 222 Å². The van der Waals surface area contributed by atoms with Gasteiger partial charge in [-0.05, 0) is 90.6 Å². The highest BCUT2D eigenvalue weighted by atomic mass is 14.2. The van der Waals surface area contributed by atoms with Crippen LogP contribution in [0.4, 0.5) is 0 Å². The molecule has 0 aliphatic heterocycles. The summed E-state index contributed by atoms with van der Waals surface area (Å²) in [6.45, 7) is 0. The summed E-state index contributed by atoms with van der Waals surface area (Å²) in [5.74, 6) is 5.83. The number of rotatable bonds is 2. The number of hydrogen-bond donors (Lipinski definition) is 0. The molecule has 0 aliphatic rings. The summed E-state index contributed by atoms with van der Waals surface area (Å²) in [7, 11) is 0. The summed E-state index contributed by atoms with van der Waals surface area (Å²) in [5, 5.41) is 9.53. The summed E-state index contributed by atoms with van der Waals surface area (Å²) < 4.78 is 0. The summed E-state index contributed by atoms with van der Waals surface area (Å²) in [6.07, 6.45) is 12.0. The lowest BCUT2D eigenvalue weighted by Gasteiger charge is -2.14. The van der Waals surface area contributed by atoms with Crippen LogP contribution in [0.2, 0.25) is 0 Å². The van der Waals surface area contributed by atoms with Crippen LogP contribution in [0.5, 0.6) is 0 Å². The van der Waals surface area contributed by atoms with E-state index in [0.29, 0.717) is 0 Å². The maximum absolute atomic E-state index is 5.99. The molecule has 0 heterocycles. The maximum atomic E-state index is 5.99. The van der Waals surface area contributed by atoms with Gasteiger partial charge in [0.2, 0.25) is 0 Å². The molecule has 0 radical (unpaired) electrons. The Balaban J connectivity index is 1.44. The Morgan fingerprint density at radius 3 is 1.11 bits per heavy atom. The molecule has 0 amide bonds. The van der Waals surface area contributed by atoms with Crippen LogP contribution in [-0.2, 0) is 0 Å². The zero-order valence-corrected chi connectivity index (χ0v) is 20.7. The molecule has 0 atom stereocenters. The van der Waals surface area contributed by atoms with Crippen LogP contribution in [0.1, 0.15) is 11.1 Å². The van der Waals surface area contributed by atoms with Gasteiger partial charge in [0.15, 0.2) is 0 Å². The van der Waals surface area contributed by atoms with Crippen molar-refractivity contribution in [1.29, 1.82) is 0 Å². The van der Waals surface area contributed by atoms with Gasteiger partial charge < -0.3 is 0 Å². The van der Waals surface area contributed by atoms with Crippen molar-refractivity contribution in [2.24, 2.45) is 0 Å². The minimum absolute atomic E-state index is 0.890. The SMILES string of the molecule is C#Cc1ccc2cc3ccccc3cc2c1-c1ccc(-c2c(C#C)ccc3cc4ccccc4cc23)cc1. The Hall–Kier alpha value is -5.30. The zero-order valence-electron chi connectivity index (χ0n) is 20.7. The molecule has 0 unspecified atom stereocenters. The minimum atomic E-state index is 0.890. The van der Waals surface area contributed by atoms with Crippen molar-refractivity contribution in [1.82, 2.24) is 0 Å². The summed E-state index contributed by atoms with van der Waals surface area (Å²) in [6, 6.07) is 42.9. The van der Waals surface area contributed by atoms with Crippen LogP contribution in [0, 0.1) is 24.7 Å². The number of terminal acetylenes is 2. The largest absolute Gasteiger partial charge is 0.115 e. The van der Waals surface area contributed by atoms with Crippen LogP contribution in [0.25, 0.3) is 65.3 Å². The molecule has 0 nitrogen and oxygen atoms in total.